The fourth-order valence-electron chi connectivity index (χ4n) is 1.68. The zero-order valence-electron chi connectivity index (χ0n) is 9.24. The molecule has 3 heteroatoms. The molecular formula is C13H15ClO2. The van der Waals surface area contributed by atoms with Crippen molar-refractivity contribution in [2.45, 2.75) is 19.8 Å². The minimum absolute atomic E-state index is 0.277. The first-order valence-electron chi connectivity index (χ1n) is 5.05. The molecule has 2 nitrogen and oxygen atoms in total. The Labute approximate surface area is 101 Å². The van der Waals surface area contributed by atoms with Crippen molar-refractivity contribution in [3.05, 3.63) is 47.5 Å². The number of halogens is 1. The third-order valence-corrected chi connectivity index (χ3v) is 2.67. The Bertz CT molecular complexity index is 386. The van der Waals surface area contributed by atoms with E-state index in [4.69, 9.17) is 11.6 Å². The molecule has 0 unspecified atom stereocenters. The molecule has 0 bridgehead atoms. The normalized spacial score (nSPS) is 14.1. The molecule has 1 aromatic rings. The van der Waals surface area contributed by atoms with Gasteiger partial charge in [0.2, 0.25) is 0 Å². The summed E-state index contributed by atoms with van der Waals surface area (Å²) in [7, 11) is 0. The van der Waals surface area contributed by atoms with Gasteiger partial charge < -0.3 is 5.11 Å². The highest BCUT2D eigenvalue weighted by molar-refractivity contribution is 6.29. The van der Waals surface area contributed by atoms with E-state index in [2.05, 4.69) is 6.58 Å². The van der Waals surface area contributed by atoms with Gasteiger partial charge in [0.05, 0.1) is 5.41 Å². The summed E-state index contributed by atoms with van der Waals surface area (Å²) in [5, 5.41) is 9.62. The molecule has 0 heterocycles. The average molecular weight is 239 g/mol. The van der Waals surface area contributed by atoms with E-state index in [0.29, 0.717) is 11.5 Å². The molecule has 0 amide bonds. The van der Waals surface area contributed by atoms with Crippen LogP contribution in [0.25, 0.3) is 0 Å². The van der Waals surface area contributed by atoms with Gasteiger partial charge in [0, 0.05) is 5.03 Å². The quantitative estimate of drug-likeness (QED) is 0.853. The first-order valence-corrected chi connectivity index (χ1v) is 5.42. The molecule has 1 N–H and O–H groups in total. The fourth-order valence-corrected chi connectivity index (χ4v) is 1.98. The minimum Gasteiger partial charge on any atom is -0.481 e. The number of hydrogen-bond acceptors (Lipinski definition) is 1. The smallest absolute Gasteiger partial charge is 0.310 e. The number of hydrogen-bond donors (Lipinski definition) is 1. The van der Waals surface area contributed by atoms with Crippen LogP contribution in [-0.4, -0.2) is 11.1 Å². The van der Waals surface area contributed by atoms with Gasteiger partial charge in [0.15, 0.2) is 0 Å². The van der Waals surface area contributed by atoms with E-state index in [1.54, 1.807) is 6.92 Å². The van der Waals surface area contributed by atoms with Crippen molar-refractivity contribution in [2.24, 2.45) is 5.41 Å². The highest BCUT2D eigenvalue weighted by Crippen LogP contribution is 2.31. The standard InChI is InChI=1S/C13H15ClO2/c1-10(14)8-13(2,12(15)16)9-11-6-4-3-5-7-11/h3-7H,1,8-9H2,2H3,(H,15,16)/t13-/m1/s1. The second-order valence-corrected chi connectivity index (χ2v) is 4.76. The predicted octanol–water partition coefficient (Wildman–Crippen LogP) is 3.46. The van der Waals surface area contributed by atoms with Gasteiger partial charge in [-0.25, -0.2) is 0 Å². The zero-order chi connectivity index (χ0) is 12.2. The SMILES string of the molecule is C=C(Cl)C[C@](C)(Cc1ccccc1)C(=O)O. The van der Waals surface area contributed by atoms with E-state index >= 15 is 0 Å². The summed E-state index contributed by atoms with van der Waals surface area (Å²) in [5.74, 6) is -0.849. The topological polar surface area (TPSA) is 37.3 Å². The molecular weight excluding hydrogens is 224 g/mol. The van der Waals surface area contributed by atoms with Gasteiger partial charge >= 0.3 is 5.97 Å². The van der Waals surface area contributed by atoms with E-state index in [1.807, 2.05) is 30.3 Å². The van der Waals surface area contributed by atoms with Crippen molar-refractivity contribution >= 4 is 17.6 Å². The first-order chi connectivity index (χ1) is 7.44. The van der Waals surface area contributed by atoms with Gasteiger partial charge in [-0.2, -0.15) is 0 Å². The summed E-state index contributed by atoms with van der Waals surface area (Å²) < 4.78 is 0. The molecule has 0 aromatic heterocycles. The van der Waals surface area contributed by atoms with E-state index in [9.17, 15) is 9.90 Å². The third-order valence-electron chi connectivity index (χ3n) is 2.54. The van der Waals surface area contributed by atoms with Gasteiger partial charge in [0.25, 0.3) is 0 Å². The van der Waals surface area contributed by atoms with Crippen LogP contribution in [0.1, 0.15) is 18.9 Å². The van der Waals surface area contributed by atoms with Crippen molar-refractivity contribution < 1.29 is 9.90 Å². The lowest BCUT2D eigenvalue weighted by Crippen LogP contribution is -2.30. The van der Waals surface area contributed by atoms with Gasteiger partial charge in [0.1, 0.15) is 0 Å². The van der Waals surface area contributed by atoms with E-state index in [-0.39, 0.29) is 6.42 Å². The number of rotatable bonds is 5. The van der Waals surface area contributed by atoms with Gasteiger partial charge in [-0.1, -0.05) is 48.5 Å². The second kappa shape index (κ2) is 5.17. The number of allylic oxidation sites excluding steroid dienone is 1. The van der Waals surface area contributed by atoms with Crippen molar-refractivity contribution in [1.29, 1.82) is 0 Å². The Morgan fingerprint density at radius 2 is 2.00 bits per heavy atom. The predicted molar refractivity (Wildman–Crippen MR) is 65.5 cm³/mol. The number of aliphatic carboxylic acids is 1. The maximum Gasteiger partial charge on any atom is 0.310 e. The van der Waals surface area contributed by atoms with Crippen LogP contribution in [0.4, 0.5) is 0 Å². The van der Waals surface area contributed by atoms with E-state index in [1.165, 1.54) is 0 Å². The lowest BCUT2D eigenvalue weighted by atomic mass is 9.80. The Morgan fingerprint density at radius 1 is 1.44 bits per heavy atom. The van der Waals surface area contributed by atoms with Crippen LogP contribution >= 0.6 is 11.6 Å². The van der Waals surface area contributed by atoms with Crippen LogP contribution in [0.5, 0.6) is 0 Å². The average Bonchev–Trinajstić information content (AvgIpc) is 2.17. The molecule has 0 aliphatic carbocycles. The van der Waals surface area contributed by atoms with Crippen LogP contribution in [0.15, 0.2) is 41.9 Å². The largest absolute Gasteiger partial charge is 0.481 e. The fraction of sp³-hybridized carbons (Fsp3) is 0.308. The zero-order valence-corrected chi connectivity index (χ0v) is 10.00. The number of carboxylic acids is 1. The molecule has 0 fully saturated rings. The summed E-state index contributed by atoms with van der Waals surface area (Å²) >= 11 is 5.71. The Hall–Kier alpha value is -1.28. The summed E-state index contributed by atoms with van der Waals surface area (Å²) in [6.45, 7) is 5.26. The van der Waals surface area contributed by atoms with Crippen molar-refractivity contribution in [3.63, 3.8) is 0 Å². The summed E-state index contributed by atoms with van der Waals surface area (Å²) in [5.41, 5.74) is 0.102. The maximum absolute atomic E-state index is 11.3. The summed E-state index contributed by atoms with van der Waals surface area (Å²) in [6, 6.07) is 9.53. The van der Waals surface area contributed by atoms with Crippen molar-refractivity contribution in [3.8, 4) is 0 Å². The highest BCUT2D eigenvalue weighted by Gasteiger charge is 2.33. The van der Waals surface area contributed by atoms with Gasteiger partial charge in [-0.15, -0.1) is 0 Å². The first kappa shape index (κ1) is 12.8. The van der Waals surface area contributed by atoms with Gasteiger partial charge in [-0.05, 0) is 25.3 Å². The molecule has 0 spiro atoms. The highest BCUT2D eigenvalue weighted by atomic mass is 35.5. The van der Waals surface area contributed by atoms with Crippen LogP contribution in [-0.2, 0) is 11.2 Å². The molecule has 1 aromatic carbocycles. The molecule has 1 rings (SSSR count). The van der Waals surface area contributed by atoms with Crippen LogP contribution in [0.3, 0.4) is 0 Å². The molecule has 0 radical (unpaired) electrons. The number of benzene rings is 1. The Morgan fingerprint density at radius 3 is 2.44 bits per heavy atom. The maximum atomic E-state index is 11.3. The molecule has 0 aliphatic heterocycles. The third kappa shape index (κ3) is 3.38. The number of carbonyl (C=O) groups is 1. The van der Waals surface area contributed by atoms with Crippen molar-refractivity contribution in [1.82, 2.24) is 0 Å². The summed E-state index contributed by atoms with van der Waals surface area (Å²) in [4.78, 5) is 11.3. The van der Waals surface area contributed by atoms with E-state index < -0.39 is 11.4 Å². The van der Waals surface area contributed by atoms with Crippen LogP contribution in [0.2, 0.25) is 0 Å². The molecule has 16 heavy (non-hydrogen) atoms. The molecule has 1 atom stereocenters. The van der Waals surface area contributed by atoms with Crippen molar-refractivity contribution in [2.75, 3.05) is 0 Å². The minimum atomic E-state index is -0.889. The summed E-state index contributed by atoms with van der Waals surface area (Å²) in [6.07, 6.45) is 0.730. The monoisotopic (exact) mass is 238 g/mol. The van der Waals surface area contributed by atoms with E-state index in [0.717, 1.165) is 5.56 Å². The second-order valence-electron chi connectivity index (χ2n) is 4.22. The molecule has 0 saturated carbocycles. The Kier molecular flexibility index (Phi) is 4.13. The lowest BCUT2D eigenvalue weighted by molar-refractivity contribution is -0.147. The van der Waals surface area contributed by atoms with Gasteiger partial charge in [-0.3, -0.25) is 4.79 Å². The van der Waals surface area contributed by atoms with Crippen LogP contribution in [0, 0.1) is 5.41 Å². The molecule has 0 aliphatic rings. The number of carboxylic acid groups (broad SMARTS) is 1. The Balaban J connectivity index is 2.87. The van der Waals surface area contributed by atoms with Crippen LogP contribution < -0.4 is 0 Å². The lowest BCUT2D eigenvalue weighted by Gasteiger charge is -2.24. The molecule has 0 saturated heterocycles. The molecule has 86 valence electrons.